The second kappa shape index (κ2) is 11.2. The number of H-pyrrole nitrogens is 1. The van der Waals surface area contributed by atoms with Gasteiger partial charge < -0.3 is 24.9 Å². The summed E-state index contributed by atoms with van der Waals surface area (Å²) in [4.78, 5) is 38.2. The minimum Gasteiger partial charge on any atom is -0.478 e. The molecule has 3 heterocycles. The van der Waals surface area contributed by atoms with Crippen molar-refractivity contribution in [3.63, 3.8) is 0 Å². The van der Waals surface area contributed by atoms with E-state index in [9.17, 15) is 14.7 Å². The van der Waals surface area contributed by atoms with E-state index in [1.54, 1.807) is 49.4 Å². The van der Waals surface area contributed by atoms with E-state index in [1.807, 2.05) is 0 Å². The van der Waals surface area contributed by atoms with Gasteiger partial charge in [0.15, 0.2) is 5.65 Å². The smallest absolute Gasteiger partial charge is 0.336 e. The molecular weight excluding hydrogens is 510 g/mol. The van der Waals surface area contributed by atoms with Crippen LogP contribution in [0.3, 0.4) is 0 Å². The Morgan fingerprint density at radius 2 is 1.89 bits per heavy atom. The van der Waals surface area contributed by atoms with Gasteiger partial charge in [-0.1, -0.05) is 29.8 Å². The molecule has 1 aliphatic rings. The molecule has 196 valence electrons. The number of imidazole rings is 1. The average molecular weight is 536 g/mol. The van der Waals surface area contributed by atoms with Crippen LogP contribution in [-0.4, -0.2) is 76.2 Å². The van der Waals surface area contributed by atoms with Crippen LogP contribution in [-0.2, 0) is 4.74 Å². The van der Waals surface area contributed by atoms with Crippen molar-refractivity contribution in [2.75, 3.05) is 39.4 Å². The Labute approximate surface area is 223 Å². The third kappa shape index (κ3) is 5.77. The van der Waals surface area contributed by atoms with E-state index < -0.39 is 5.97 Å². The van der Waals surface area contributed by atoms with Gasteiger partial charge in [0, 0.05) is 37.3 Å². The second-order valence-electron chi connectivity index (χ2n) is 8.90. The summed E-state index contributed by atoms with van der Waals surface area (Å²) in [5.41, 5.74) is 3.52. The molecule has 0 saturated carbocycles. The molecule has 0 aliphatic carbocycles. The van der Waals surface area contributed by atoms with Gasteiger partial charge in [0.2, 0.25) is 0 Å². The number of rotatable bonds is 8. The Balaban J connectivity index is 1.28. The van der Waals surface area contributed by atoms with Crippen LogP contribution < -0.4 is 10.1 Å². The third-order valence-corrected chi connectivity index (χ3v) is 6.58. The van der Waals surface area contributed by atoms with Gasteiger partial charge >= 0.3 is 12.0 Å². The van der Waals surface area contributed by atoms with Crippen molar-refractivity contribution >= 4 is 34.6 Å². The lowest BCUT2D eigenvalue weighted by Crippen LogP contribution is -2.41. The maximum Gasteiger partial charge on any atom is 0.336 e. The number of aromatic nitrogens is 3. The van der Waals surface area contributed by atoms with Crippen molar-refractivity contribution in [1.29, 1.82) is 0 Å². The van der Waals surface area contributed by atoms with E-state index in [1.165, 1.54) is 6.07 Å². The van der Waals surface area contributed by atoms with Crippen LogP contribution in [0.4, 0.5) is 0 Å². The summed E-state index contributed by atoms with van der Waals surface area (Å²) >= 11 is 6.52. The Bertz CT molecular complexity index is 1480. The van der Waals surface area contributed by atoms with E-state index in [-0.39, 0.29) is 17.5 Å². The molecule has 4 aromatic rings. The third-order valence-electron chi connectivity index (χ3n) is 6.30. The molecule has 0 spiro atoms. The maximum atomic E-state index is 12.5. The van der Waals surface area contributed by atoms with Crippen LogP contribution in [0.1, 0.15) is 26.3 Å². The fourth-order valence-electron chi connectivity index (χ4n) is 4.19. The summed E-state index contributed by atoms with van der Waals surface area (Å²) in [6, 6.07) is 13.7. The van der Waals surface area contributed by atoms with Crippen molar-refractivity contribution in [3.8, 4) is 23.0 Å². The molecule has 0 atom stereocenters. The molecule has 0 unspecified atom stereocenters. The topological polar surface area (TPSA) is 130 Å². The van der Waals surface area contributed by atoms with E-state index in [4.69, 9.17) is 21.1 Å². The van der Waals surface area contributed by atoms with Crippen LogP contribution in [0, 0.1) is 6.92 Å². The number of halogens is 1. The van der Waals surface area contributed by atoms with E-state index in [2.05, 4.69) is 25.2 Å². The number of nitrogens with one attached hydrogen (secondary N) is 2. The highest BCUT2D eigenvalue weighted by Gasteiger charge is 2.15. The van der Waals surface area contributed by atoms with Crippen molar-refractivity contribution in [3.05, 3.63) is 70.2 Å². The largest absolute Gasteiger partial charge is 0.478 e. The molecule has 2 aromatic heterocycles. The Morgan fingerprint density at radius 3 is 2.63 bits per heavy atom. The van der Waals surface area contributed by atoms with Crippen molar-refractivity contribution in [1.82, 2.24) is 25.2 Å². The number of carbonyl (C=O) groups excluding carboxylic acids is 1. The van der Waals surface area contributed by atoms with Crippen molar-refractivity contribution in [2.24, 2.45) is 0 Å². The van der Waals surface area contributed by atoms with Gasteiger partial charge in [-0.15, -0.1) is 0 Å². The van der Waals surface area contributed by atoms with E-state index in [0.29, 0.717) is 45.3 Å². The molecule has 38 heavy (non-hydrogen) atoms. The Morgan fingerprint density at radius 1 is 1.13 bits per heavy atom. The van der Waals surface area contributed by atoms with Crippen LogP contribution in [0.2, 0.25) is 5.02 Å². The molecular formula is C27H26ClN5O5. The SMILES string of the molecule is Cc1ccc(Oc2nc3nc(-c4ccc(C(=O)NCCN5CCOCC5)cc4)c(Cl)cc3[nH]2)cc1C(=O)O. The molecule has 10 nitrogen and oxygen atoms in total. The number of pyridine rings is 1. The number of ether oxygens (including phenoxy) is 2. The van der Waals surface area contributed by atoms with Gasteiger partial charge in [-0.3, -0.25) is 9.69 Å². The van der Waals surface area contributed by atoms with E-state index in [0.717, 1.165) is 38.4 Å². The zero-order chi connectivity index (χ0) is 26.6. The zero-order valence-electron chi connectivity index (χ0n) is 20.7. The summed E-state index contributed by atoms with van der Waals surface area (Å²) in [7, 11) is 0. The van der Waals surface area contributed by atoms with Crippen LogP contribution in [0.15, 0.2) is 48.5 Å². The van der Waals surface area contributed by atoms with Gasteiger partial charge in [-0.25, -0.2) is 9.78 Å². The fourth-order valence-corrected chi connectivity index (χ4v) is 4.45. The van der Waals surface area contributed by atoms with Gasteiger partial charge in [-0.2, -0.15) is 4.98 Å². The number of amides is 1. The Kier molecular flexibility index (Phi) is 7.54. The van der Waals surface area contributed by atoms with Crippen LogP contribution in [0.25, 0.3) is 22.4 Å². The lowest BCUT2D eigenvalue weighted by atomic mass is 10.1. The molecule has 1 fully saturated rings. The Hall–Kier alpha value is -3.99. The summed E-state index contributed by atoms with van der Waals surface area (Å²) in [6.07, 6.45) is 0. The average Bonchev–Trinajstić information content (AvgIpc) is 3.30. The van der Waals surface area contributed by atoms with Crippen molar-refractivity contribution in [2.45, 2.75) is 6.92 Å². The first-order chi connectivity index (χ1) is 18.4. The number of nitrogens with zero attached hydrogens (tertiary/aromatic N) is 3. The molecule has 1 amide bonds. The first kappa shape index (κ1) is 25.7. The summed E-state index contributed by atoms with van der Waals surface area (Å²) in [6.45, 7) is 6.28. The number of morpholine rings is 1. The van der Waals surface area contributed by atoms with Gasteiger partial charge in [0.25, 0.3) is 5.91 Å². The number of benzene rings is 2. The number of hydrogen-bond acceptors (Lipinski definition) is 7. The van der Waals surface area contributed by atoms with Gasteiger partial charge in [0.1, 0.15) is 5.75 Å². The lowest BCUT2D eigenvalue weighted by Gasteiger charge is -2.26. The van der Waals surface area contributed by atoms with Crippen LogP contribution >= 0.6 is 11.6 Å². The molecule has 5 rings (SSSR count). The molecule has 1 saturated heterocycles. The highest BCUT2D eigenvalue weighted by Crippen LogP contribution is 2.31. The van der Waals surface area contributed by atoms with Gasteiger partial charge in [0.05, 0.1) is 35.0 Å². The summed E-state index contributed by atoms with van der Waals surface area (Å²) in [5, 5.41) is 12.7. The molecule has 11 heteroatoms. The number of fused-ring (bicyclic) bond motifs is 1. The number of carboxylic acids is 1. The summed E-state index contributed by atoms with van der Waals surface area (Å²) in [5.74, 6) is -0.847. The predicted molar refractivity (Wildman–Crippen MR) is 142 cm³/mol. The van der Waals surface area contributed by atoms with Gasteiger partial charge in [-0.05, 0) is 42.8 Å². The molecule has 0 radical (unpaired) electrons. The highest BCUT2D eigenvalue weighted by atomic mass is 35.5. The highest BCUT2D eigenvalue weighted by molar-refractivity contribution is 6.33. The summed E-state index contributed by atoms with van der Waals surface area (Å²) < 4.78 is 11.1. The molecule has 0 bridgehead atoms. The monoisotopic (exact) mass is 535 g/mol. The standard InChI is InChI=1S/C27H26ClN5O5/c1-16-2-7-19(14-20(16)26(35)36)38-27-30-22-15-21(28)23(31-24(22)32-27)17-3-5-18(6-4-17)25(34)29-8-9-33-10-12-37-13-11-33/h2-7,14-15H,8-13H2,1H3,(H,29,34)(H,35,36)(H,30,31,32). The predicted octanol–water partition coefficient (Wildman–Crippen LogP) is 4.14. The number of hydrogen-bond donors (Lipinski definition) is 3. The number of carbonyl (C=O) groups is 2. The number of aromatic amines is 1. The molecule has 3 N–H and O–H groups in total. The number of aryl methyl sites for hydroxylation is 1. The minimum atomic E-state index is -1.04. The first-order valence-electron chi connectivity index (χ1n) is 12.1. The normalized spacial score (nSPS) is 13.9. The van der Waals surface area contributed by atoms with E-state index >= 15 is 0 Å². The fraction of sp³-hybridized carbons (Fsp3) is 0.259. The van der Waals surface area contributed by atoms with Crippen LogP contribution in [0.5, 0.6) is 11.8 Å². The minimum absolute atomic E-state index is 0.143. The van der Waals surface area contributed by atoms with Crippen molar-refractivity contribution < 1.29 is 24.2 Å². The second-order valence-corrected chi connectivity index (χ2v) is 9.31. The zero-order valence-corrected chi connectivity index (χ0v) is 21.4. The quantitative estimate of drug-likeness (QED) is 0.307. The molecule has 1 aliphatic heterocycles. The molecule has 2 aromatic carbocycles. The lowest BCUT2D eigenvalue weighted by molar-refractivity contribution is 0.0383. The maximum absolute atomic E-state index is 12.5. The first-order valence-corrected chi connectivity index (χ1v) is 12.5. The number of carboxylic acid groups (broad SMARTS) is 1. The number of aromatic carboxylic acids is 1.